The third-order valence-electron chi connectivity index (χ3n) is 8.83. The van der Waals surface area contributed by atoms with Gasteiger partial charge in [-0.25, -0.2) is 4.98 Å². The van der Waals surface area contributed by atoms with Gasteiger partial charge in [-0.15, -0.1) is 11.3 Å². The summed E-state index contributed by atoms with van der Waals surface area (Å²) in [4.78, 5) is 21.7. The molecule has 0 unspecified atom stereocenters. The number of nitrogens with one attached hydrogen (secondary N) is 2. The average Bonchev–Trinajstić information content (AvgIpc) is 3.26. The molecule has 8 heteroatoms. The Morgan fingerprint density at radius 3 is 2.81 bits per heavy atom. The second kappa shape index (κ2) is 10.8. The molecule has 36 heavy (non-hydrogen) atoms. The molecule has 3 aliphatic rings. The van der Waals surface area contributed by atoms with E-state index in [0.29, 0.717) is 6.54 Å². The van der Waals surface area contributed by atoms with Gasteiger partial charge >= 0.3 is 0 Å². The topological polar surface area (TPSA) is 86.7 Å². The second-order valence-electron chi connectivity index (χ2n) is 11.2. The van der Waals surface area contributed by atoms with Crippen molar-refractivity contribution in [2.24, 2.45) is 23.2 Å². The van der Waals surface area contributed by atoms with Crippen molar-refractivity contribution in [3.8, 4) is 0 Å². The van der Waals surface area contributed by atoms with Crippen molar-refractivity contribution in [2.45, 2.75) is 52.1 Å². The Kier molecular flexibility index (Phi) is 7.67. The van der Waals surface area contributed by atoms with Gasteiger partial charge in [0.05, 0.1) is 25.0 Å². The van der Waals surface area contributed by atoms with E-state index in [1.54, 1.807) is 11.3 Å². The Balaban J connectivity index is 1.24. The predicted octanol–water partition coefficient (Wildman–Crippen LogP) is 4.02. The zero-order valence-electron chi connectivity index (χ0n) is 21.7. The lowest BCUT2D eigenvalue weighted by atomic mass is 9.53. The number of carbonyl (C=O) groups is 1. The van der Waals surface area contributed by atoms with E-state index >= 15 is 0 Å². The fraction of sp³-hybridized carbons (Fsp3) is 0.643. The van der Waals surface area contributed by atoms with Gasteiger partial charge in [0.2, 0.25) is 5.91 Å². The summed E-state index contributed by atoms with van der Waals surface area (Å²) >= 11 is 1.74. The van der Waals surface area contributed by atoms with Crippen LogP contribution >= 0.6 is 11.3 Å². The summed E-state index contributed by atoms with van der Waals surface area (Å²) in [5.74, 6) is 0.0578. The highest BCUT2D eigenvalue weighted by atomic mass is 32.1. The average molecular weight is 513 g/mol. The van der Waals surface area contributed by atoms with Gasteiger partial charge in [0, 0.05) is 48.6 Å². The van der Waals surface area contributed by atoms with Crippen LogP contribution in [0.1, 0.15) is 50.1 Å². The fourth-order valence-corrected chi connectivity index (χ4v) is 8.05. The van der Waals surface area contributed by atoms with Gasteiger partial charge < -0.3 is 20.5 Å². The van der Waals surface area contributed by atoms with Crippen LogP contribution in [-0.2, 0) is 16.0 Å². The highest BCUT2D eigenvalue weighted by molar-refractivity contribution is 7.15. The van der Waals surface area contributed by atoms with E-state index in [0.717, 1.165) is 68.6 Å². The molecule has 1 amide bonds. The van der Waals surface area contributed by atoms with Crippen molar-refractivity contribution in [3.63, 3.8) is 0 Å². The molecule has 3 N–H and O–H groups in total. The number of amides is 1. The largest absolute Gasteiger partial charge is 0.392 e. The number of aliphatic hydroxyl groups excluding tert-OH is 1. The van der Waals surface area contributed by atoms with E-state index in [9.17, 15) is 9.90 Å². The number of rotatable bonds is 7. The van der Waals surface area contributed by atoms with E-state index in [1.807, 2.05) is 37.3 Å². The number of anilines is 2. The van der Waals surface area contributed by atoms with Crippen LogP contribution in [0.2, 0.25) is 0 Å². The first kappa shape index (κ1) is 25.6. The van der Waals surface area contributed by atoms with Crippen LogP contribution in [0.15, 0.2) is 30.3 Å². The molecule has 0 bridgehead atoms. The molecule has 7 nitrogen and oxygen atoms in total. The lowest BCUT2D eigenvalue weighted by Crippen LogP contribution is -2.53. The monoisotopic (exact) mass is 512 g/mol. The Hall–Kier alpha value is -2.00. The minimum atomic E-state index is -0.515. The van der Waals surface area contributed by atoms with Gasteiger partial charge in [-0.1, -0.05) is 39.0 Å². The second-order valence-corrected chi connectivity index (χ2v) is 12.3. The minimum absolute atomic E-state index is 0.0193. The normalized spacial score (nSPS) is 31.2. The van der Waals surface area contributed by atoms with E-state index in [4.69, 9.17) is 9.72 Å². The number of benzene rings is 1. The number of hydrogen-bond acceptors (Lipinski definition) is 7. The number of aromatic nitrogens is 1. The zero-order chi connectivity index (χ0) is 25.3. The molecular weight excluding hydrogens is 472 g/mol. The van der Waals surface area contributed by atoms with Gasteiger partial charge in [0.15, 0.2) is 5.13 Å². The van der Waals surface area contributed by atoms with Crippen LogP contribution in [0.4, 0.5) is 10.8 Å². The molecule has 1 aliphatic heterocycles. The summed E-state index contributed by atoms with van der Waals surface area (Å²) in [7, 11) is 0. The number of para-hydroxylation sites is 1. The molecule has 1 saturated heterocycles. The Labute approximate surface area is 218 Å². The molecule has 0 spiro atoms. The van der Waals surface area contributed by atoms with Gasteiger partial charge in [0.1, 0.15) is 0 Å². The molecular formula is C28H40N4O3S. The van der Waals surface area contributed by atoms with E-state index < -0.39 is 6.10 Å². The van der Waals surface area contributed by atoms with Crippen molar-refractivity contribution < 1.29 is 14.6 Å². The summed E-state index contributed by atoms with van der Waals surface area (Å²) in [5.41, 5.74) is 2.17. The maximum atomic E-state index is 13.0. The fourth-order valence-electron chi connectivity index (χ4n) is 6.76. The molecule has 6 atom stereocenters. The third kappa shape index (κ3) is 5.19. The lowest BCUT2D eigenvalue weighted by molar-refractivity contribution is -0.134. The summed E-state index contributed by atoms with van der Waals surface area (Å²) in [5, 5.41) is 19.2. The number of thiazole rings is 1. The van der Waals surface area contributed by atoms with Crippen molar-refractivity contribution in [1.29, 1.82) is 0 Å². The summed E-state index contributed by atoms with van der Waals surface area (Å²) in [6.45, 7) is 11.4. The molecule has 1 saturated carbocycles. The third-order valence-corrected chi connectivity index (χ3v) is 9.82. The summed E-state index contributed by atoms with van der Waals surface area (Å²) in [6.07, 6.45) is 2.32. The summed E-state index contributed by atoms with van der Waals surface area (Å²) in [6, 6.07) is 10.1. The molecule has 2 fully saturated rings. The first-order valence-electron chi connectivity index (χ1n) is 13.4. The van der Waals surface area contributed by atoms with Crippen LogP contribution in [0.25, 0.3) is 0 Å². The number of ether oxygens (including phenoxy) is 1. The predicted molar refractivity (Wildman–Crippen MR) is 144 cm³/mol. The zero-order valence-corrected chi connectivity index (χ0v) is 22.5. The minimum Gasteiger partial charge on any atom is -0.392 e. The van der Waals surface area contributed by atoms with Crippen molar-refractivity contribution >= 4 is 28.1 Å². The first-order chi connectivity index (χ1) is 17.4. The standard InChI is InChI=1S/C28H40N4O3S/c1-18(26(34)29-11-12-32-13-15-35-16-14-32)21-9-10-28(3)17-22-24(19(2)23(28)25(21)33)31-27(36-22)30-20-7-5-4-6-8-20/h4-8,18-19,21,23,25,33H,9-17H2,1-3H3,(H,29,34)(H,30,31)/t18-,19+,21+,23+,25-,28+/m0/s1. The van der Waals surface area contributed by atoms with Crippen molar-refractivity contribution in [3.05, 3.63) is 40.9 Å². The van der Waals surface area contributed by atoms with Gasteiger partial charge in [0.25, 0.3) is 0 Å². The molecule has 2 heterocycles. The van der Waals surface area contributed by atoms with Crippen LogP contribution in [0.5, 0.6) is 0 Å². The number of fused-ring (bicyclic) bond motifs is 2. The van der Waals surface area contributed by atoms with E-state index in [1.165, 1.54) is 4.88 Å². The molecule has 196 valence electrons. The highest BCUT2D eigenvalue weighted by Gasteiger charge is 2.53. The smallest absolute Gasteiger partial charge is 0.223 e. The Morgan fingerprint density at radius 2 is 2.06 bits per heavy atom. The maximum Gasteiger partial charge on any atom is 0.223 e. The lowest BCUT2D eigenvalue weighted by Gasteiger charge is -2.53. The van der Waals surface area contributed by atoms with Crippen LogP contribution in [0, 0.1) is 23.2 Å². The Morgan fingerprint density at radius 1 is 1.31 bits per heavy atom. The number of carbonyl (C=O) groups excluding carboxylic acids is 1. The highest BCUT2D eigenvalue weighted by Crippen LogP contribution is 2.57. The van der Waals surface area contributed by atoms with E-state index in [-0.39, 0.29) is 35.0 Å². The van der Waals surface area contributed by atoms with Crippen LogP contribution in [0.3, 0.4) is 0 Å². The van der Waals surface area contributed by atoms with Gasteiger partial charge in [-0.2, -0.15) is 0 Å². The number of nitrogens with zero attached hydrogens (tertiary/aromatic N) is 2. The van der Waals surface area contributed by atoms with Crippen molar-refractivity contribution in [1.82, 2.24) is 15.2 Å². The molecule has 5 rings (SSSR count). The molecule has 0 radical (unpaired) electrons. The molecule has 1 aromatic carbocycles. The van der Waals surface area contributed by atoms with Gasteiger partial charge in [-0.3, -0.25) is 9.69 Å². The quantitative estimate of drug-likeness (QED) is 0.520. The maximum absolute atomic E-state index is 13.0. The SMILES string of the molecule is C[C@H](C(=O)NCCN1CCOCC1)[C@H]1CC[C@]2(C)Cc3sc(Nc4ccccc4)nc3[C@H](C)[C@@H]2[C@H]1O. The Bertz CT molecular complexity index is 1040. The molecule has 2 aromatic rings. The first-order valence-corrected chi connectivity index (χ1v) is 14.2. The van der Waals surface area contributed by atoms with Gasteiger partial charge in [-0.05, 0) is 48.6 Å². The van der Waals surface area contributed by atoms with Crippen molar-refractivity contribution in [2.75, 3.05) is 44.7 Å². The van der Waals surface area contributed by atoms with E-state index in [2.05, 4.69) is 29.4 Å². The number of hydrogen-bond donors (Lipinski definition) is 3. The number of aliphatic hydroxyl groups is 1. The molecule has 2 aliphatic carbocycles. The molecule has 1 aromatic heterocycles. The van der Waals surface area contributed by atoms with Crippen LogP contribution < -0.4 is 10.6 Å². The summed E-state index contributed by atoms with van der Waals surface area (Å²) < 4.78 is 5.40. The van der Waals surface area contributed by atoms with Crippen LogP contribution in [-0.4, -0.2) is 66.4 Å². The number of morpholine rings is 1.